The molecule has 1 fully saturated rings. The molecule has 0 bridgehead atoms. The molecule has 1 aliphatic carbocycles. The van der Waals surface area contributed by atoms with E-state index in [-0.39, 0.29) is 18.3 Å². The second-order valence-electron chi connectivity index (χ2n) is 3.99. The van der Waals surface area contributed by atoms with Gasteiger partial charge >= 0.3 is 0 Å². The van der Waals surface area contributed by atoms with Crippen molar-refractivity contribution in [3.05, 3.63) is 0 Å². The third kappa shape index (κ3) is 3.19. The van der Waals surface area contributed by atoms with Crippen LogP contribution in [0.15, 0.2) is 4.99 Å². The van der Waals surface area contributed by atoms with Gasteiger partial charge in [-0.25, -0.2) is 4.99 Å². The molecule has 5 atom stereocenters. The maximum absolute atomic E-state index is 9.67. The number of aliphatic hydroxyl groups excluding tert-OH is 3. The molecule has 0 unspecified atom stereocenters. The fourth-order valence-electron chi connectivity index (χ4n) is 1.87. The monoisotopic (exact) mass is 246 g/mol. The summed E-state index contributed by atoms with van der Waals surface area (Å²) in [4.78, 5) is 3.76. The van der Waals surface area contributed by atoms with E-state index in [9.17, 15) is 15.3 Å². The molecule has 0 saturated heterocycles. The summed E-state index contributed by atoms with van der Waals surface area (Å²) < 4.78 is 0. The molecule has 1 aliphatic rings. The van der Waals surface area contributed by atoms with Crippen molar-refractivity contribution in [1.29, 1.82) is 5.41 Å². The number of aliphatic hydroxyl groups is 3. The van der Waals surface area contributed by atoms with Gasteiger partial charge in [0.2, 0.25) is 0 Å². The number of hydrogen-bond acceptors (Lipinski definition) is 5. The first-order valence-electron chi connectivity index (χ1n) is 5.06. The van der Waals surface area contributed by atoms with Crippen LogP contribution in [-0.4, -0.2) is 57.6 Å². The Hall–Kier alpha value is -1.58. The van der Waals surface area contributed by atoms with Crippen molar-refractivity contribution in [3.63, 3.8) is 0 Å². The summed E-state index contributed by atoms with van der Waals surface area (Å²) >= 11 is 0. The molecule has 9 nitrogen and oxygen atoms in total. The summed E-state index contributed by atoms with van der Waals surface area (Å²) in [7, 11) is 0. The van der Waals surface area contributed by atoms with E-state index >= 15 is 0 Å². The largest absolute Gasteiger partial charge is 0.388 e. The highest BCUT2D eigenvalue weighted by molar-refractivity contribution is 5.76. The average molecular weight is 246 g/mol. The van der Waals surface area contributed by atoms with Gasteiger partial charge in [0.05, 0.1) is 12.1 Å². The van der Waals surface area contributed by atoms with Crippen LogP contribution in [0.1, 0.15) is 6.42 Å². The molecule has 0 spiro atoms. The van der Waals surface area contributed by atoms with Crippen molar-refractivity contribution in [2.24, 2.45) is 22.2 Å². The van der Waals surface area contributed by atoms with Crippen LogP contribution in [0.5, 0.6) is 0 Å². The van der Waals surface area contributed by atoms with E-state index in [1.165, 1.54) is 0 Å². The van der Waals surface area contributed by atoms with E-state index < -0.39 is 30.4 Å². The van der Waals surface area contributed by atoms with Gasteiger partial charge in [0.15, 0.2) is 11.9 Å². The van der Waals surface area contributed by atoms with Gasteiger partial charge in [-0.05, 0) is 6.42 Å². The molecule has 0 aromatic rings. The Morgan fingerprint density at radius 1 is 1.12 bits per heavy atom. The third-order valence-corrected chi connectivity index (χ3v) is 2.66. The molecule has 0 radical (unpaired) electrons. The van der Waals surface area contributed by atoms with E-state index in [4.69, 9.17) is 22.6 Å². The van der Waals surface area contributed by atoms with Crippen LogP contribution in [0.4, 0.5) is 0 Å². The fourth-order valence-corrected chi connectivity index (χ4v) is 1.87. The lowest BCUT2D eigenvalue weighted by molar-refractivity contribution is -0.103. The lowest BCUT2D eigenvalue weighted by Crippen LogP contribution is -2.61. The van der Waals surface area contributed by atoms with Gasteiger partial charge in [-0.1, -0.05) is 0 Å². The van der Waals surface area contributed by atoms with Crippen molar-refractivity contribution in [2.75, 3.05) is 0 Å². The Morgan fingerprint density at radius 3 is 2.18 bits per heavy atom. The quantitative estimate of drug-likeness (QED) is 0.180. The van der Waals surface area contributed by atoms with Crippen LogP contribution >= 0.6 is 0 Å². The molecule has 1 saturated carbocycles. The van der Waals surface area contributed by atoms with Gasteiger partial charge in [-0.15, -0.1) is 0 Å². The Morgan fingerprint density at radius 2 is 1.71 bits per heavy atom. The second-order valence-corrected chi connectivity index (χ2v) is 3.99. The molecule has 11 N–H and O–H groups in total. The molecular formula is C8H18N6O3. The van der Waals surface area contributed by atoms with E-state index in [1.54, 1.807) is 0 Å². The third-order valence-electron chi connectivity index (χ3n) is 2.66. The van der Waals surface area contributed by atoms with Gasteiger partial charge in [0.25, 0.3) is 0 Å². The molecule has 0 heterocycles. The zero-order valence-corrected chi connectivity index (χ0v) is 9.11. The van der Waals surface area contributed by atoms with Crippen LogP contribution < -0.4 is 22.5 Å². The highest BCUT2D eigenvalue weighted by Gasteiger charge is 2.42. The highest BCUT2D eigenvalue weighted by Crippen LogP contribution is 2.23. The van der Waals surface area contributed by atoms with Crippen molar-refractivity contribution >= 4 is 11.9 Å². The Labute approximate surface area is 97.8 Å². The van der Waals surface area contributed by atoms with E-state index in [0.29, 0.717) is 0 Å². The number of guanidine groups is 2. The summed E-state index contributed by atoms with van der Waals surface area (Å²) in [5, 5.41) is 38.5. The maximum Gasteiger partial charge on any atom is 0.186 e. The topological polar surface area (TPSA) is 187 Å². The minimum absolute atomic E-state index is 0.150. The average Bonchev–Trinajstić information content (AvgIpc) is 2.20. The molecule has 0 amide bonds. The lowest BCUT2D eigenvalue weighted by atomic mass is 9.84. The molecular weight excluding hydrogens is 228 g/mol. The predicted molar refractivity (Wildman–Crippen MR) is 61.1 cm³/mol. The number of hydrogen-bond donors (Lipinski definition) is 8. The molecule has 9 heteroatoms. The minimum atomic E-state index is -1.41. The number of nitrogens with zero attached hydrogens (tertiary/aromatic N) is 1. The zero-order valence-electron chi connectivity index (χ0n) is 9.11. The SMILES string of the molecule is N=C(N)N[C@H]1C[C@@H](N=C(N)N)[C@H](O)[C@@H](O)[C@@H]1O. The van der Waals surface area contributed by atoms with Gasteiger partial charge in [0, 0.05) is 0 Å². The van der Waals surface area contributed by atoms with Gasteiger partial charge in [-0.3, -0.25) is 5.41 Å². The number of nitrogens with one attached hydrogen (secondary N) is 2. The number of nitrogens with two attached hydrogens (primary N) is 3. The number of rotatable bonds is 2. The van der Waals surface area contributed by atoms with Crippen LogP contribution in [0.3, 0.4) is 0 Å². The summed E-state index contributed by atoms with van der Waals surface area (Å²) in [6.45, 7) is 0. The summed E-state index contributed by atoms with van der Waals surface area (Å²) in [6, 6.07) is -1.45. The van der Waals surface area contributed by atoms with Crippen molar-refractivity contribution in [2.45, 2.75) is 36.8 Å². The molecule has 17 heavy (non-hydrogen) atoms. The first kappa shape index (κ1) is 13.5. The molecule has 0 aromatic heterocycles. The smallest absolute Gasteiger partial charge is 0.186 e. The van der Waals surface area contributed by atoms with Gasteiger partial charge in [0.1, 0.15) is 18.3 Å². The summed E-state index contributed by atoms with van der Waals surface area (Å²) in [6.07, 6.45) is -3.78. The number of aliphatic imine (C=N–C) groups is 1. The van der Waals surface area contributed by atoms with E-state index in [2.05, 4.69) is 10.3 Å². The second kappa shape index (κ2) is 5.17. The van der Waals surface area contributed by atoms with Gasteiger partial charge < -0.3 is 37.8 Å². The Balaban J connectivity index is 2.82. The van der Waals surface area contributed by atoms with Crippen molar-refractivity contribution < 1.29 is 15.3 Å². The highest BCUT2D eigenvalue weighted by atomic mass is 16.4. The van der Waals surface area contributed by atoms with Gasteiger partial charge in [-0.2, -0.15) is 0 Å². The first-order chi connectivity index (χ1) is 7.82. The fraction of sp³-hybridized carbons (Fsp3) is 0.750. The Kier molecular flexibility index (Phi) is 4.10. The Bertz CT molecular complexity index is 318. The molecule has 1 rings (SSSR count). The van der Waals surface area contributed by atoms with Crippen molar-refractivity contribution in [3.8, 4) is 0 Å². The summed E-state index contributed by atoms with van der Waals surface area (Å²) in [5.74, 6) is -0.569. The molecule has 98 valence electrons. The molecule has 0 aromatic carbocycles. The molecule has 0 aliphatic heterocycles. The maximum atomic E-state index is 9.67. The predicted octanol–water partition coefficient (Wildman–Crippen LogP) is -4.03. The van der Waals surface area contributed by atoms with E-state index in [0.717, 1.165) is 0 Å². The lowest BCUT2D eigenvalue weighted by Gasteiger charge is -2.39. The normalized spacial score (nSPS) is 37.2. The van der Waals surface area contributed by atoms with E-state index in [1.807, 2.05) is 0 Å². The minimum Gasteiger partial charge on any atom is -0.388 e. The van der Waals surface area contributed by atoms with Crippen LogP contribution in [0.25, 0.3) is 0 Å². The zero-order chi connectivity index (χ0) is 13.2. The standard InChI is InChI=1S/C8H18N6O3/c9-7(10)13-2-1-3(14-8(11)12)5(16)6(17)4(2)15/h2-6,15-17H,1H2,(H4,9,10,13)(H4,11,12,14)/t2-,3+,4+,5-,6-. The van der Waals surface area contributed by atoms with Crippen molar-refractivity contribution in [1.82, 2.24) is 5.32 Å². The van der Waals surface area contributed by atoms with Crippen LogP contribution in [-0.2, 0) is 0 Å². The summed E-state index contributed by atoms with van der Waals surface area (Å²) in [5.41, 5.74) is 15.5. The first-order valence-corrected chi connectivity index (χ1v) is 5.06. The van der Waals surface area contributed by atoms with Crippen LogP contribution in [0, 0.1) is 5.41 Å². The van der Waals surface area contributed by atoms with Crippen LogP contribution in [0.2, 0.25) is 0 Å².